The number of esters is 1. The van der Waals surface area contributed by atoms with Crippen molar-refractivity contribution in [3.8, 4) is 0 Å². The van der Waals surface area contributed by atoms with Gasteiger partial charge in [0.1, 0.15) is 0 Å². The fourth-order valence-corrected chi connectivity index (χ4v) is 5.59. The van der Waals surface area contributed by atoms with E-state index in [1.807, 2.05) is 0 Å². The van der Waals surface area contributed by atoms with Gasteiger partial charge in [0.25, 0.3) is 0 Å². The van der Waals surface area contributed by atoms with Gasteiger partial charge < -0.3 is 9.84 Å². The predicted molar refractivity (Wildman–Crippen MR) is 89.4 cm³/mol. The van der Waals surface area contributed by atoms with Crippen LogP contribution in [0.2, 0.25) is 0 Å². The van der Waals surface area contributed by atoms with Crippen LogP contribution in [0.3, 0.4) is 0 Å². The molecule has 0 amide bonds. The average Bonchev–Trinajstić information content (AvgIpc) is 3.13. The molecule has 1 aromatic carbocycles. The molecule has 0 unspecified atom stereocenters. The summed E-state index contributed by atoms with van der Waals surface area (Å²) >= 11 is 0. The van der Waals surface area contributed by atoms with Crippen molar-refractivity contribution in [2.75, 3.05) is 20.2 Å². The zero-order valence-electron chi connectivity index (χ0n) is 14.0. The van der Waals surface area contributed by atoms with Crippen LogP contribution < -0.4 is 0 Å². The number of carboxylic acids is 1. The Kier molecular flexibility index (Phi) is 4.59. The largest absolute Gasteiger partial charge is 0.481 e. The Morgan fingerprint density at radius 3 is 2.56 bits per heavy atom. The number of carboxylic acid groups (broad SMARTS) is 1. The van der Waals surface area contributed by atoms with Crippen LogP contribution in [0.25, 0.3) is 0 Å². The Bertz CT molecular complexity index is 788. The fourth-order valence-electron chi connectivity index (χ4n) is 3.96. The number of nitrogens with zero attached hydrogens (tertiary/aromatic N) is 1. The highest BCUT2D eigenvalue weighted by Gasteiger charge is 2.56. The molecule has 0 spiro atoms. The van der Waals surface area contributed by atoms with E-state index in [1.54, 1.807) is 12.1 Å². The average molecular weight is 367 g/mol. The number of carbonyl (C=O) groups is 2. The van der Waals surface area contributed by atoms with Crippen molar-refractivity contribution >= 4 is 22.0 Å². The number of hydrogen-bond donors (Lipinski definition) is 1. The second kappa shape index (κ2) is 6.42. The SMILES string of the molecule is COC(=O)c1ccc(CS(=O)(=O)N2C[C@@H]3CCC[C@@]3(C(=O)O)C2)cc1. The summed E-state index contributed by atoms with van der Waals surface area (Å²) in [5.74, 6) is -1.70. The number of carbonyl (C=O) groups excluding carboxylic acids is 1. The summed E-state index contributed by atoms with van der Waals surface area (Å²) in [6, 6.07) is 6.20. The molecule has 136 valence electrons. The van der Waals surface area contributed by atoms with Crippen LogP contribution >= 0.6 is 0 Å². The molecule has 2 fully saturated rings. The molecule has 2 atom stereocenters. The van der Waals surface area contributed by atoms with E-state index in [0.29, 0.717) is 17.5 Å². The maximum atomic E-state index is 12.7. The number of benzene rings is 1. The molecule has 8 heteroatoms. The van der Waals surface area contributed by atoms with Crippen molar-refractivity contribution in [3.05, 3.63) is 35.4 Å². The zero-order chi connectivity index (χ0) is 18.2. The van der Waals surface area contributed by atoms with Gasteiger partial charge in [-0.1, -0.05) is 18.6 Å². The Balaban J connectivity index is 1.75. The third-order valence-electron chi connectivity index (χ3n) is 5.38. The minimum atomic E-state index is -3.61. The van der Waals surface area contributed by atoms with E-state index in [4.69, 9.17) is 0 Å². The van der Waals surface area contributed by atoms with Crippen molar-refractivity contribution in [3.63, 3.8) is 0 Å². The third kappa shape index (κ3) is 3.16. The van der Waals surface area contributed by atoms with Gasteiger partial charge in [-0.05, 0) is 36.5 Å². The van der Waals surface area contributed by atoms with E-state index in [2.05, 4.69) is 4.74 Å². The lowest BCUT2D eigenvalue weighted by atomic mass is 9.81. The molecule has 7 nitrogen and oxygen atoms in total. The lowest BCUT2D eigenvalue weighted by Gasteiger charge is -2.23. The molecule has 1 heterocycles. The summed E-state index contributed by atoms with van der Waals surface area (Å²) < 4.78 is 31.4. The smallest absolute Gasteiger partial charge is 0.337 e. The topological polar surface area (TPSA) is 101 Å². The summed E-state index contributed by atoms with van der Waals surface area (Å²) in [6.07, 6.45) is 2.12. The maximum absolute atomic E-state index is 12.7. The second-order valence-electron chi connectivity index (χ2n) is 6.79. The monoisotopic (exact) mass is 367 g/mol. The van der Waals surface area contributed by atoms with Crippen LogP contribution in [0.4, 0.5) is 0 Å². The molecule has 0 aromatic heterocycles. The molecule has 0 radical (unpaired) electrons. The molecule has 1 N–H and O–H groups in total. The minimum absolute atomic E-state index is 0.0512. The van der Waals surface area contributed by atoms with Gasteiger partial charge in [0, 0.05) is 13.1 Å². The molecule has 2 aliphatic rings. The number of aliphatic carboxylic acids is 1. The summed E-state index contributed by atoms with van der Waals surface area (Å²) in [6.45, 7) is 0.324. The number of hydrogen-bond acceptors (Lipinski definition) is 5. The van der Waals surface area contributed by atoms with Crippen LogP contribution in [-0.2, 0) is 25.3 Å². The van der Waals surface area contributed by atoms with Crippen molar-refractivity contribution in [1.29, 1.82) is 0 Å². The van der Waals surface area contributed by atoms with Crippen LogP contribution in [0.1, 0.15) is 35.2 Å². The Hall–Kier alpha value is -1.93. The molecule has 3 rings (SSSR count). The van der Waals surface area contributed by atoms with E-state index < -0.39 is 27.4 Å². The van der Waals surface area contributed by atoms with E-state index in [1.165, 1.54) is 23.5 Å². The molecule has 1 aliphatic heterocycles. The summed E-state index contributed by atoms with van der Waals surface area (Å²) in [5, 5.41) is 9.59. The van der Waals surface area contributed by atoms with Crippen LogP contribution in [0.15, 0.2) is 24.3 Å². The Labute approximate surface area is 146 Å². The lowest BCUT2D eigenvalue weighted by Crippen LogP contribution is -2.37. The first-order valence-corrected chi connectivity index (χ1v) is 9.78. The van der Waals surface area contributed by atoms with E-state index in [9.17, 15) is 23.1 Å². The van der Waals surface area contributed by atoms with E-state index in [-0.39, 0.29) is 24.8 Å². The van der Waals surface area contributed by atoms with E-state index in [0.717, 1.165) is 12.8 Å². The van der Waals surface area contributed by atoms with Gasteiger partial charge in [0.15, 0.2) is 0 Å². The van der Waals surface area contributed by atoms with Gasteiger partial charge in [-0.15, -0.1) is 0 Å². The van der Waals surface area contributed by atoms with Crippen LogP contribution in [0, 0.1) is 11.3 Å². The molecule has 25 heavy (non-hydrogen) atoms. The molecule has 1 aliphatic carbocycles. The van der Waals surface area contributed by atoms with Gasteiger partial charge in [0.05, 0.1) is 23.8 Å². The standard InChI is InChI=1S/C17H21NO6S/c1-24-15(19)13-6-4-12(5-7-13)10-25(22,23)18-9-14-3-2-8-17(14,11-18)16(20)21/h4-7,14H,2-3,8-11H2,1H3,(H,20,21)/t14-,17+/m0/s1. The number of methoxy groups -OCH3 is 1. The van der Waals surface area contributed by atoms with Gasteiger partial charge >= 0.3 is 11.9 Å². The Morgan fingerprint density at radius 2 is 2.00 bits per heavy atom. The molecule has 1 aromatic rings. The minimum Gasteiger partial charge on any atom is -0.481 e. The second-order valence-corrected chi connectivity index (χ2v) is 8.76. The predicted octanol–water partition coefficient (Wildman–Crippen LogP) is 1.49. The van der Waals surface area contributed by atoms with Crippen molar-refractivity contribution < 1.29 is 27.9 Å². The molecule has 1 saturated carbocycles. The molecular weight excluding hydrogens is 346 g/mol. The van der Waals surface area contributed by atoms with Gasteiger partial charge in [-0.3, -0.25) is 4.79 Å². The van der Waals surface area contributed by atoms with Gasteiger partial charge in [0.2, 0.25) is 10.0 Å². The Morgan fingerprint density at radius 1 is 1.32 bits per heavy atom. The molecular formula is C17H21NO6S. The van der Waals surface area contributed by atoms with E-state index >= 15 is 0 Å². The number of fused-ring (bicyclic) bond motifs is 1. The number of ether oxygens (including phenoxy) is 1. The highest BCUT2D eigenvalue weighted by molar-refractivity contribution is 7.88. The first-order chi connectivity index (χ1) is 11.8. The zero-order valence-corrected chi connectivity index (χ0v) is 14.8. The van der Waals surface area contributed by atoms with Crippen LogP contribution in [-0.4, -0.2) is 50.0 Å². The van der Waals surface area contributed by atoms with Crippen molar-refractivity contribution in [1.82, 2.24) is 4.31 Å². The quantitative estimate of drug-likeness (QED) is 0.791. The van der Waals surface area contributed by atoms with Gasteiger partial charge in [-0.2, -0.15) is 0 Å². The van der Waals surface area contributed by atoms with Crippen molar-refractivity contribution in [2.45, 2.75) is 25.0 Å². The maximum Gasteiger partial charge on any atom is 0.337 e. The normalized spacial score (nSPS) is 26.4. The number of rotatable bonds is 5. The fraction of sp³-hybridized carbons (Fsp3) is 0.529. The first-order valence-electron chi connectivity index (χ1n) is 8.17. The number of sulfonamides is 1. The first kappa shape index (κ1) is 17.9. The highest BCUT2D eigenvalue weighted by Crippen LogP contribution is 2.49. The summed E-state index contributed by atoms with van der Waals surface area (Å²) in [5.41, 5.74) is -0.0276. The summed E-state index contributed by atoms with van der Waals surface area (Å²) in [4.78, 5) is 23.1. The van der Waals surface area contributed by atoms with Crippen LogP contribution in [0.5, 0.6) is 0 Å². The third-order valence-corrected chi connectivity index (χ3v) is 7.15. The highest BCUT2D eigenvalue weighted by atomic mass is 32.2. The molecule has 1 saturated heterocycles. The lowest BCUT2D eigenvalue weighted by molar-refractivity contribution is -0.149. The summed E-state index contributed by atoms with van der Waals surface area (Å²) in [7, 11) is -2.33. The molecule has 0 bridgehead atoms. The van der Waals surface area contributed by atoms with Crippen molar-refractivity contribution in [2.24, 2.45) is 11.3 Å². The van der Waals surface area contributed by atoms with Gasteiger partial charge in [-0.25, -0.2) is 17.5 Å².